The molecule has 4 nitrogen and oxygen atoms in total. The van der Waals surface area contributed by atoms with E-state index in [0.717, 1.165) is 0 Å². The number of carbonyl (C=O) groups is 1. The summed E-state index contributed by atoms with van der Waals surface area (Å²) in [5.41, 5.74) is 5.33. The Morgan fingerprint density at radius 1 is 1.64 bits per heavy atom. The molecule has 0 spiro atoms. The lowest BCUT2D eigenvalue weighted by atomic mass is 10.1. The first-order valence-corrected chi connectivity index (χ1v) is 3.73. The van der Waals surface area contributed by atoms with Gasteiger partial charge in [0.05, 0.1) is 12.7 Å². The molecule has 2 atom stereocenters. The van der Waals surface area contributed by atoms with Crippen LogP contribution < -0.4 is 5.73 Å². The van der Waals surface area contributed by atoms with Crippen molar-refractivity contribution >= 4 is 5.97 Å². The molecule has 0 amide bonds. The number of rotatable bonds is 4. The molecule has 0 unspecified atom stereocenters. The number of aliphatic hydroxyl groups excluding tert-OH is 1. The largest absolute Gasteiger partial charge is 0.465 e. The number of esters is 1. The van der Waals surface area contributed by atoms with Crippen LogP contribution in [0.4, 0.5) is 0 Å². The number of hydrogen-bond acceptors (Lipinski definition) is 4. The van der Waals surface area contributed by atoms with E-state index in [0.29, 0.717) is 13.0 Å². The molecule has 4 heteroatoms. The average molecular weight is 161 g/mol. The van der Waals surface area contributed by atoms with Crippen LogP contribution in [-0.2, 0) is 9.53 Å². The molecule has 0 saturated heterocycles. The van der Waals surface area contributed by atoms with Crippen molar-refractivity contribution in [1.29, 1.82) is 0 Å². The second-order valence-electron chi connectivity index (χ2n) is 2.25. The minimum Gasteiger partial charge on any atom is -0.465 e. The van der Waals surface area contributed by atoms with E-state index in [4.69, 9.17) is 10.8 Å². The van der Waals surface area contributed by atoms with Crippen LogP contribution in [0.25, 0.3) is 0 Å². The topological polar surface area (TPSA) is 72.5 Å². The van der Waals surface area contributed by atoms with Crippen molar-refractivity contribution in [2.75, 3.05) is 6.61 Å². The Morgan fingerprint density at radius 3 is 2.55 bits per heavy atom. The predicted octanol–water partition coefficient (Wildman–Crippen LogP) is -0.352. The summed E-state index contributed by atoms with van der Waals surface area (Å²) >= 11 is 0. The first kappa shape index (κ1) is 10.4. The fourth-order valence-corrected chi connectivity index (χ4v) is 0.650. The Kier molecular flexibility index (Phi) is 4.81. The Bertz CT molecular complexity index is 127. The Labute approximate surface area is 66.3 Å². The van der Waals surface area contributed by atoms with Gasteiger partial charge in [0.2, 0.25) is 0 Å². The van der Waals surface area contributed by atoms with Crippen molar-refractivity contribution in [3.8, 4) is 0 Å². The number of hydrogen-bond donors (Lipinski definition) is 2. The highest BCUT2D eigenvalue weighted by molar-refractivity contribution is 5.76. The highest BCUT2D eigenvalue weighted by Crippen LogP contribution is 1.97. The maximum atomic E-state index is 10.8. The van der Waals surface area contributed by atoms with E-state index in [1.807, 2.05) is 0 Å². The Morgan fingerprint density at radius 2 is 2.18 bits per heavy atom. The van der Waals surface area contributed by atoms with Crippen LogP contribution in [0.15, 0.2) is 0 Å². The molecule has 66 valence electrons. The maximum Gasteiger partial charge on any atom is 0.325 e. The summed E-state index contributed by atoms with van der Waals surface area (Å²) < 4.78 is 4.60. The van der Waals surface area contributed by atoms with Gasteiger partial charge in [-0.15, -0.1) is 0 Å². The lowest BCUT2D eigenvalue weighted by Crippen LogP contribution is -2.42. The van der Waals surface area contributed by atoms with Gasteiger partial charge in [0, 0.05) is 0 Å². The number of aliphatic hydroxyl groups is 1. The molecule has 0 saturated carbocycles. The third-order valence-corrected chi connectivity index (χ3v) is 1.39. The first-order valence-electron chi connectivity index (χ1n) is 3.73. The normalized spacial score (nSPS) is 15.6. The summed E-state index contributed by atoms with van der Waals surface area (Å²) in [6.07, 6.45) is -0.339. The van der Waals surface area contributed by atoms with E-state index < -0.39 is 18.1 Å². The summed E-state index contributed by atoms with van der Waals surface area (Å²) in [5, 5.41) is 9.10. The van der Waals surface area contributed by atoms with E-state index in [1.165, 1.54) is 0 Å². The van der Waals surface area contributed by atoms with Crippen molar-refractivity contribution < 1.29 is 14.6 Å². The monoisotopic (exact) mass is 161 g/mol. The maximum absolute atomic E-state index is 10.8. The Balaban J connectivity index is 3.80. The van der Waals surface area contributed by atoms with Gasteiger partial charge in [-0.2, -0.15) is 0 Å². The van der Waals surface area contributed by atoms with Gasteiger partial charge in [-0.3, -0.25) is 4.79 Å². The van der Waals surface area contributed by atoms with Gasteiger partial charge in [-0.1, -0.05) is 6.92 Å². The molecule has 11 heavy (non-hydrogen) atoms. The molecule has 3 N–H and O–H groups in total. The zero-order valence-electron chi connectivity index (χ0n) is 6.91. The van der Waals surface area contributed by atoms with Gasteiger partial charge >= 0.3 is 5.97 Å². The fraction of sp³-hybridized carbons (Fsp3) is 0.857. The van der Waals surface area contributed by atoms with Crippen molar-refractivity contribution in [2.24, 2.45) is 5.73 Å². The molecule has 0 aromatic rings. The van der Waals surface area contributed by atoms with Crippen molar-refractivity contribution in [3.63, 3.8) is 0 Å². The number of carbonyl (C=O) groups excluding carboxylic acids is 1. The molecule has 0 rings (SSSR count). The lowest BCUT2D eigenvalue weighted by Gasteiger charge is -2.14. The van der Waals surface area contributed by atoms with Crippen LogP contribution in [0, 0.1) is 0 Å². The van der Waals surface area contributed by atoms with Crippen LogP contribution in [-0.4, -0.2) is 29.8 Å². The van der Waals surface area contributed by atoms with Gasteiger partial charge in [-0.05, 0) is 13.3 Å². The second kappa shape index (κ2) is 5.09. The van der Waals surface area contributed by atoms with Crippen LogP contribution in [0.1, 0.15) is 20.3 Å². The van der Waals surface area contributed by atoms with Gasteiger partial charge in [0.25, 0.3) is 0 Å². The van der Waals surface area contributed by atoms with E-state index >= 15 is 0 Å². The molecule has 0 aliphatic heterocycles. The SMILES string of the molecule is CCOC(=O)[C@@H](N)[C@@H](O)CC. The highest BCUT2D eigenvalue weighted by atomic mass is 16.5. The van der Waals surface area contributed by atoms with Crippen LogP contribution in [0.5, 0.6) is 0 Å². The fourth-order valence-electron chi connectivity index (χ4n) is 0.650. The third kappa shape index (κ3) is 3.34. The van der Waals surface area contributed by atoms with Gasteiger partial charge in [0.15, 0.2) is 0 Å². The molecular weight excluding hydrogens is 146 g/mol. The molecule has 0 heterocycles. The standard InChI is InChI=1S/C7H15NO3/c1-3-5(9)6(8)7(10)11-4-2/h5-6,9H,3-4,8H2,1-2H3/t5-,6-/m0/s1. The lowest BCUT2D eigenvalue weighted by molar-refractivity contribution is -0.147. The molecular formula is C7H15NO3. The zero-order chi connectivity index (χ0) is 8.85. The number of nitrogens with two attached hydrogens (primary N) is 1. The molecule has 0 aliphatic rings. The molecule has 0 radical (unpaired) electrons. The van der Waals surface area contributed by atoms with Crippen molar-refractivity contribution in [3.05, 3.63) is 0 Å². The smallest absolute Gasteiger partial charge is 0.325 e. The van der Waals surface area contributed by atoms with E-state index in [2.05, 4.69) is 4.74 Å². The summed E-state index contributed by atoms with van der Waals surface area (Å²) in [7, 11) is 0. The first-order chi connectivity index (χ1) is 5.13. The predicted molar refractivity (Wildman–Crippen MR) is 40.9 cm³/mol. The second-order valence-corrected chi connectivity index (χ2v) is 2.25. The van der Waals surface area contributed by atoms with Gasteiger partial charge in [-0.25, -0.2) is 0 Å². The third-order valence-electron chi connectivity index (χ3n) is 1.39. The molecule has 0 fully saturated rings. The highest BCUT2D eigenvalue weighted by Gasteiger charge is 2.21. The molecule has 0 aromatic heterocycles. The van der Waals surface area contributed by atoms with Crippen LogP contribution in [0.2, 0.25) is 0 Å². The van der Waals surface area contributed by atoms with E-state index in [-0.39, 0.29) is 0 Å². The summed E-state index contributed by atoms with van der Waals surface area (Å²) in [5.74, 6) is -0.540. The zero-order valence-corrected chi connectivity index (χ0v) is 6.91. The number of ether oxygens (including phenoxy) is 1. The summed E-state index contributed by atoms with van der Waals surface area (Å²) in [4.78, 5) is 10.8. The molecule has 0 aromatic carbocycles. The average Bonchev–Trinajstić information content (AvgIpc) is 2.02. The van der Waals surface area contributed by atoms with Gasteiger partial charge < -0.3 is 15.6 Å². The van der Waals surface area contributed by atoms with E-state index in [1.54, 1.807) is 13.8 Å². The van der Waals surface area contributed by atoms with Crippen molar-refractivity contribution in [2.45, 2.75) is 32.4 Å². The minimum absolute atomic E-state index is 0.295. The van der Waals surface area contributed by atoms with Crippen LogP contribution >= 0.6 is 0 Å². The molecule has 0 bridgehead atoms. The Hall–Kier alpha value is -0.610. The molecule has 0 aliphatic carbocycles. The van der Waals surface area contributed by atoms with Crippen LogP contribution in [0.3, 0.4) is 0 Å². The quantitative estimate of drug-likeness (QED) is 0.553. The summed E-state index contributed by atoms with van der Waals surface area (Å²) in [6.45, 7) is 3.75. The van der Waals surface area contributed by atoms with Crippen molar-refractivity contribution in [1.82, 2.24) is 0 Å². The van der Waals surface area contributed by atoms with E-state index in [9.17, 15) is 4.79 Å². The summed E-state index contributed by atoms with van der Waals surface area (Å²) in [6, 6.07) is -0.903. The van der Waals surface area contributed by atoms with Gasteiger partial charge in [0.1, 0.15) is 6.04 Å². The minimum atomic E-state index is -0.903.